The lowest BCUT2D eigenvalue weighted by molar-refractivity contribution is 0.615. The molecule has 0 spiro atoms. The first-order valence-corrected chi connectivity index (χ1v) is 7.01. The average Bonchev–Trinajstić information content (AvgIpc) is 2.40. The SMILES string of the molecule is CCCNCc1cncc(N(CC)C(C)CC)n1. The number of anilines is 1. The smallest absolute Gasteiger partial charge is 0.147 e. The van der Waals surface area contributed by atoms with Crippen LogP contribution < -0.4 is 10.2 Å². The van der Waals surface area contributed by atoms with Crippen molar-refractivity contribution in [2.24, 2.45) is 0 Å². The molecule has 0 saturated heterocycles. The minimum absolute atomic E-state index is 0.503. The zero-order chi connectivity index (χ0) is 13.4. The molecule has 1 atom stereocenters. The molecule has 1 rings (SSSR count). The summed E-state index contributed by atoms with van der Waals surface area (Å²) in [6, 6.07) is 0.503. The van der Waals surface area contributed by atoms with E-state index in [2.05, 4.69) is 47.9 Å². The Kier molecular flexibility index (Phi) is 6.65. The van der Waals surface area contributed by atoms with Crippen molar-refractivity contribution >= 4 is 5.82 Å². The van der Waals surface area contributed by atoms with Crippen molar-refractivity contribution in [3.8, 4) is 0 Å². The van der Waals surface area contributed by atoms with Crippen molar-refractivity contribution in [1.82, 2.24) is 15.3 Å². The fourth-order valence-corrected chi connectivity index (χ4v) is 1.93. The summed E-state index contributed by atoms with van der Waals surface area (Å²) in [5, 5.41) is 3.36. The predicted octanol–water partition coefficient (Wildman–Crippen LogP) is 2.60. The maximum absolute atomic E-state index is 4.69. The highest BCUT2D eigenvalue weighted by Gasteiger charge is 2.12. The van der Waals surface area contributed by atoms with Crippen LogP contribution in [-0.2, 0) is 6.54 Å². The van der Waals surface area contributed by atoms with Gasteiger partial charge in [0.25, 0.3) is 0 Å². The van der Waals surface area contributed by atoms with Crippen LogP contribution in [0, 0.1) is 0 Å². The second-order valence-corrected chi connectivity index (χ2v) is 4.59. The van der Waals surface area contributed by atoms with Gasteiger partial charge in [-0.1, -0.05) is 13.8 Å². The highest BCUT2D eigenvalue weighted by Crippen LogP contribution is 2.14. The molecule has 0 aliphatic rings. The molecule has 4 heteroatoms. The van der Waals surface area contributed by atoms with Crippen molar-refractivity contribution in [3.05, 3.63) is 18.1 Å². The third kappa shape index (κ3) is 4.26. The molecule has 18 heavy (non-hydrogen) atoms. The van der Waals surface area contributed by atoms with Gasteiger partial charge in [0.05, 0.1) is 11.9 Å². The first-order chi connectivity index (χ1) is 8.72. The molecule has 4 nitrogen and oxygen atoms in total. The molecule has 1 unspecified atom stereocenters. The molecule has 0 bridgehead atoms. The highest BCUT2D eigenvalue weighted by atomic mass is 15.2. The van der Waals surface area contributed by atoms with Gasteiger partial charge in [-0.05, 0) is 33.2 Å². The van der Waals surface area contributed by atoms with Gasteiger partial charge in [-0.15, -0.1) is 0 Å². The monoisotopic (exact) mass is 250 g/mol. The molecule has 0 aliphatic carbocycles. The Morgan fingerprint density at radius 1 is 1.28 bits per heavy atom. The Balaban J connectivity index is 2.73. The second-order valence-electron chi connectivity index (χ2n) is 4.59. The van der Waals surface area contributed by atoms with E-state index in [9.17, 15) is 0 Å². The Morgan fingerprint density at radius 3 is 2.67 bits per heavy atom. The van der Waals surface area contributed by atoms with Gasteiger partial charge in [0.2, 0.25) is 0 Å². The molecule has 1 aromatic heterocycles. The van der Waals surface area contributed by atoms with Gasteiger partial charge in [0.15, 0.2) is 0 Å². The Morgan fingerprint density at radius 2 is 2.06 bits per heavy atom. The van der Waals surface area contributed by atoms with Crippen molar-refractivity contribution in [2.45, 2.75) is 53.1 Å². The first kappa shape index (κ1) is 14.9. The van der Waals surface area contributed by atoms with Crippen LogP contribution in [0.5, 0.6) is 0 Å². The summed E-state index contributed by atoms with van der Waals surface area (Å²) in [7, 11) is 0. The number of aromatic nitrogens is 2. The van der Waals surface area contributed by atoms with Crippen LogP contribution in [0.4, 0.5) is 5.82 Å². The maximum Gasteiger partial charge on any atom is 0.147 e. The molecule has 0 fully saturated rings. The van der Waals surface area contributed by atoms with Gasteiger partial charge in [-0.3, -0.25) is 4.98 Å². The Hall–Kier alpha value is -1.16. The number of hydrogen-bond acceptors (Lipinski definition) is 4. The van der Waals surface area contributed by atoms with E-state index < -0.39 is 0 Å². The van der Waals surface area contributed by atoms with Crippen molar-refractivity contribution in [3.63, 3.8) is 0 Å². The van der Waals surface area contributed by atoms with Crippen LogP contribution in [-0.4, -0.2) is 29.1 Å². The van der Waals surface area contributed by atoms with Crippen molar-refractivity contribution < 1.29 is 0 Å². The van der Waals surface area contributed by atoms with E-state index in [0.29, 0.717) is 6.04 Å². The van der Waals surface area contributed by atoms with E-state index in [1.165, 1.54) is 0 Å². The zero-order valence-corrected chi connectivity index (χ0v) is 12.1. The molecule has 0 radical (unpaired) electrons. The average molecular weight is 250 g/mol. The van der Waals surface area contributed by atoms with Crippen LogP contribution in [0.25, 0.3) is 0 Å². The van der Waals surface area contributed by atoms with Crippen LogP contribution in [0.15, 0.2) is 12.4 Å². The predicted molar refractivity (Wildman–Crippen MR) is 76.8 cm³/mol. The van der Waals surface area contributed by atoms with Crippen LogP contribution >= 0.6 is 0 Å². The van der Waals surface area contributed by atoms with Gasteiger partial charge in [-0.2, -0.15) is 0 Å². The van der Waals surface area contributed by atoms with Crippen LogP contribution in [0.3, 0.4) is 0 Å². The standard InChI is InChI=1S/C14H26N4/c1-5-8-15-9-13-10-16-11-14(17-13)18(7-3)12(4)6-2/h10-12,15H,5-9H2,1-4H3. The second kappa shape index (κ2) is 8.03. The molecule has 0 aliphatic heterocycles. The van der Waals surface area contributed by atoms with Crippen molar-refractivity contribution in [2.75, 3.05) is 18.0 Å². The molecule has 1 N–H and O–H groups in total. The molecular formula is C14H26N4. The van der Waals surface area contributed by atoms with E-state index >= 15 is 0 Å². The minimum atomic E-state index is 0.503. The van der Waals surface area contributed by atoms with Gasteiger partial charge in [0, 0.05) is 25.3 Å². The lowest BCUT2D eigenvalue weighted by Gasteiger charge is -2.28. The van der Waals surface area contributed by atoms with E-state index in [-0.39, 0.29) is 0 Å². The van der Waals surface area contributed by atoms with E-state index in [1.54, 1.807) is 0 Å². The Bertz CT molecular complexity index is 340. The van der Waals surface area contributed by atoms with Crippen LogP contribution in [0.1, 0.15) is 46.2 Å². The van der Waals surface area contributed by atoms with E-state index in [0.717, 1.165) is 44.0 Å². The topological polar surface area (TPSA) is 41.1 Å². The molecular weight excluding hydrogens is 224 g/mol. The summed E-state index contributed by atoms with van der Waals surface area (Å²) in [6.45, 7) is 11.5. The van der Waals surface area contributed by atoms with Gasteiger partial charge >= 0.3 is 0 Å². The Labute approximate surface area is 111 Å². The third-order valence-corrected chi connectivity index (χ3v) is 3.16. The molecule has 1 heterocycles. The quantitative estimate of drug-likeness (QED) is 0.720. The lowest BCUT2D eigenvalue weighted by atomic mass is 10.2. The number of nitrogens with zero attached hydrogens (tertiary/aromatic N) is 3. The normalized spacial score (nSPS) is 12.4. The summed E-state index contributed by atoms with van der Waals surface area (Å²) in [5.74, 6) is 0.989. The van der Waals surface area contributed by atoms with Gasteiger partial charge in [0.1, 0.15) is 5.82 Å². The largest absolute Gasteiger partial charge is 0.353 e. The fraction of sp³-hybridized carbons (Fsp3) is 0.714. The molecule has 102 valence electrons. The van der Waals surface area contributed by atoms with E-state index in [4.69, 9.17) is 0 Å². The van der Waals surface area contributed by atoms with Gasteiger partial charge < -0.3 is 10.2 Å². The van der Waals surface area contributed by atoms with Crippen LogP contribution in [0.2, 0.25) is 0 Å². The summed E-state index contributed by atoms with van der Waals surface area (Å²) >= 11 is 0. The van der Waals surface area contributed by atoms with E-state index in [1.807, 2.05) is 12.4 Å². The maximum atomic E-state index is 4.69. The summed E-state index contributed by atoms with van der Waals surface area (Å²) in [4.78, 5) is 11.3. The number of rotatable bonds is 8. The molecule has 1 aromatic rings. The highest BCUT2D eigenvalue weighted by molar-refractivity contribution is 5.37. The summed E-state index contributed by atoms with van der Waals surface area (Å²) in [6.07, 6.45) is 5.96. The minimum Gasteiger partial charge on any atom is -0.353 e. The molecule has 0 aromatic carbocycles. The molecule has 0 amide bonds. The third-order valence-electron chi connectivity index (χ3n) is 3.16. The fourth-order valence-electron chi connectivity index (χ4n) is 1.93. The summed E-state index contributed by atoms with van der Waals surface area (Å²) in [5.41, 5.74) is 1.02. The zero-order valence-electron chi connectivity index (χ0n) is 12.1. The number of hydrogen-bond donors (Lipinski definition) is 1. The summed E-state index contributed by atoms with van der Waals surface area (Å²) < 4.78 is 0. The first-order valence-electron chi connectivity index (χ1n) is 7.01. The lowest BCUT2D eigenvalue weighted by Crippen LogP contribution is -2.33. The number of nitrogens with one attached hydrogen (secondary N) is 1. The van der Waals surface area contributed by atoms with Gasteiger partial charge in [-0.25, -0.2) is 4.98 Å². The molecule has 0 saturated carbocycles. The van der Waals surface area contributed by atoms with Crippen molar-refractivity contribution in [1.29, 1.82) is 0 Å².